The highest BCUT2D eigenvalue weighted by molar-refractivity contribution is 5.78. The van der Waals surface area contributed by atoms with Crippen LogP contribution < -0.4 is 5.32 Å². The number of carbonyl (C=O) groups is 2. The number of carbonyl (C=O) groups excluding carboxylic acids is 2. The lowest BCUT2D eigenvalue weighted by molar-refractivity contribution is -0.156. The van der Waals surface area contributed by atoms with Gasteiger partial charge in [-0.25, -0.2) is 4.79 Å². The van der Waals surface area contributed by atoms with Gasteiger partial charge in [-0.05, 0) is 38.8 Å². The van der Waals surface area contributed by atoms with Crippen molar-refractivity contribution in [3.8, 4) is 0 Å². The molecule has 0 fully saturated rings. The molecule has 0 radical (unpaired) electrons. The monoisotopic (exact) mass is 334 g/mol. The van der Waals surface area contributed by atoms with E-state index >= 15 is 0 Å². The summed E-state index contributed by atoms with van der Waals surface area (Å²) in [5.74, 6) is -0.712. The van der Waals surface area contributed by atoms with Crippen LogP contribution in [0.15, 0.2) is 35.4 Å². The highest BCUT2D eigenvalue weighted by Gasteiger charge is 2.30. The standard InChI is InChI=1S/C16H22N4O4/c1-11(13(19-20-17)14(21)24-16(2,3)4)18-15(22)23-10-12-8-6-5-7-9-12/h5-9,11,13H,10H2,1-4H3,(H,18,22)/t11-,13-/m1/s1. The lowest BCUT2D eigenvalue weighted by atomic mass is 10.1. The molecular weight excluding hydrogens is 312 g/mol. The van der Waals surface area contributed by atoms with Crippen molar-refractivity contribution in [2.24, 2.45) is 5.11 Å². The van der Waals surface area contributed by atoms with Crippen LogP contribution in [-0.4, -0.2) is 29.7 Å². The molecule has 1 aromatic rings. The number of azide groups is 1. The zero-order valence-corrected chi connectivity index (χ0v) is 14.2. The Hall–Kier alpha value is -2.73. The average Bonchev–Trinajstić information content (AvgIpc) is 2.49. The van der Waals surface area contributed by atoms with Gasteiger partial charge in [-0.3, -0.25) is 4.79 Å². The topological polar surface area (TPSA) is 113 Å². The number of amides is 1. The maximum Gasteiger partial charge on any atom is 0.407 e. The van der Waals surface area contributed by atoms with Gasteiger partial charge in [0, 0.05) is 11.0 Å². The first kappa shape index (κ1) is 19.3. The van der Waals surface area contributed by atoms with E-state index in [0.717, 1.165) is 5.56 Å². The van der Waals surface area contributed by atoms with Crippen LogP contribution in [0.25, 0.3) is 10.4 Å². The van der Waals surface area contributed by atoms with Crippen LogP contribution in [-0.2, 0) is 20.9 Å². The smallest absolute Gasteiger partial charge is 0.407 e. The van der Waals surface area contributed by atoms with Crippen molar-refractivity contribution in [3.63, 3.8) is 0 Å². The number of rotatable bonds is 6. The van der Waals surface area contributed by atoms with Gasteiger partial charge in [0.25, 0.3) is 0 Å². The lowest BCUT2D eigenvalue weighted by Gasteiger charge is -2.25. The molecule has 130 valence electrons. The molecule has 0 aliphatic rings. The Bertz CT molecular complexity index is 606. The molecule has 0 aliphatic heterocycles. The molecule has 1 rings (SSSR count). The van der Waals surface area contributed by atoms with Crippen molar-refractivity contribution in [3.05, 3.63) is 46.3 Å². The van der Waals surface area contributed by atoms with E-state index < -0.39 is 29.7 Å². The summed E-state index contributed by atoms with van der Waals surface area (Å²) >= 11 is 0. The van der Waals surface area contributed by atoms with Crippen LogP contribution in [0.2, 0.25) is 0 Å². The first-order chi connectivity index (χ1) is 11.2. The fourth-order valence-electron chi connectivity index (χ4n) is 1.80. The minimum Gasteiger partial charge on any atom is -0.460 e. The molecule has 0 unspecified atom stereocenters. The zero-order chi connectivity index (χ0) is 18.2. The number of hydrogen-bond donors (Lipinski definition) is 1. The van der Waals surface area contributed by atoms with E-state index in [-0.39, 0.29) is 6.61 Å². The molecule has 1 aromatic carbocycles. The normalized spacial score (nSPS) is 13.2. The minimum atomic E-state index is -1.18. The van der Waals surface area contributed by atoms with E-state index in [2.05, 4.69) is 15.3 Å². The first-order valence-corrected chi connectivity index (χ1v) is 7.47. The molecule has 0 spiro atoms. The van der Waals surface area contributed by atoms with Crippen molar-refractivity contribution in [2.75, 3.05) is 0 Å². The fraction of sp³-hybridized carbons (Fsp3) is 0.500. The second kappa shape index (κ2) is 8.79. The number of nitrogens with one attached hydrogen (secondary N) is 1. The molecule has 2 atom stereocenters. The van der Waals surface area contributed by atoms with Gasteiger partial charge < -0.3 is 14.8 Å². The van der Waals surface area contributed by atoms with Crippen molar-refractivity contribution >= 4 is 12.1 Å². The summed E-state index contributed by atoms with van der Waals surface area (Å²) in [4.78, 5) is 26.5. The van der Waals surface area contributed by atoms with Gasteiger partial charge in [0.05, 0.1) is 0 Å². The van der Waals surface area contributed by atoms with Crippen LogP contribution in [0, 0.1) is 0 Å². The summed E-state index contributed by atoms with van der Waals surface area (Å²) in [6.45, 7) is 6.73. The molecule has 1 amide bonds. The van der Waals surface area contributed by atoms with E-state index in [9.17, 15) is 9.59 Å². The predicted molar refractivity (Wildman–Crippen MR) is 88.0 cm³/mol. The van der Waals surface area contributed by atoms with Crippen molar-refractivity contribution in [1.29, 1.82) is 0 Å². The largest absolute Gasteiger partial charge is 0.460 e. The molecule has 8 nitrogen and oxygen atoms in total. The van der Waals surface area contributed by atoms with Gasteiger partial charge in [-0.1, -0.05) is 35.4 Å². The third-order valence-corrected chi connectivity index (χ3v) is 2.86. The lowest BCUT2D eigenvalue weighted by Crippen LogP contribution is -2.46. The van der Waals surface area contributed by atoms with Crippen molar-refractivity contribution in [2.45, 2.75) is 52.0 Å². The van der Waals surface area contributed by atoms with Crippen molar-refractivity contribution in [1.82, 2.24) is 5.32 Å². The van der Waals surface area contributed by atoms with Gasteiger partial charge in [0.15, 0.2) is 6.04 Å². The number of alkyl carbamates (subject to hydrolysis) is 1. The van der Waals surface area contributed by atoms with E-state index in [1.54, 1.807) is 20.8 Å². The number of hydrogen-bond acceptors (Lipinski definition) is 5. The Labute approximate surface area is 140 Å². The molecular formula is C16H22N4O4. The Morgan fingerprint density at radius 1 is 1.29 bits per heavy atom. The molecule has 1 N–H and O–H groups in total. The van der Waals surface area contributed by atoms with Crippen LogP contribution in [0.1, 0.15) is 33.3 Å². The molecule has 0 heterocycles. The van der Waals surface area contributed by atoms with E-state index in [0.29, 0.717) is 0 Å². The number of esters is 1. The summed E-state index contributed by atoms with van der Waals surface area (Å²) in [6.07, 6.45) is -0.715. The number of nitrogens with zero attached hydrogens (tertiary/aromatic N) is 3. The SMILES string of the molecule is C[C@@H](NC(=O)OCc1ccccc1)[C@@H](N=[N+]=[N-])C(=O)OC(C)(C)C. The molecule has 0 bridgehead atoms. The minimum absolute atomic E-state index is 0.0953. The number of ether oxygens (including phenoxy) is 2. The molecule has 24 heavy (non-hydrogen) atoms. The maximum atomic E-state index is 12.1. The van der Waals surface area contributed by atoms with E-state index in [1.165, 1.54) is 6.92 Å². The molecule has 0 saturated heterocycles. The van der Waals surface area contributed by atoms with Gasteiger partial charge in [-0.15, -0.1) is 0 Å². The third kappa shape index (κ3) is 7.02. The Kier molecular flexibility index (Phi) is 7.07. The zero-order valence-electron chi connectivity index (χ0n) is 14.2. The molecule has 0 aromatic heterocycles. The van der Waals surface area contributed by atoms with E-state index in [4.69, 9.17) is 15.0 Å². The van der Waals surface area contributed by atoms with Gasteiger partial charge in [-0.2, -0.15) is 0 Å². The summed E-state index contributed by atoms with van der Waals surface area (Å²) in [5, 5.41) is 5.89. The molecule has 8 heteroatoms. The summed E-state index contributed by atoms with van der Waals surface area (Å²) < 4.78 is 10.3. The summed E-state index contributed by atoms with van der Waals surface area (Å²) in [5.41, 5.74) is 8.73. The van der Waals surface area contributed by atoms with Crippen LogP contribution in [0.5, 0.6) is 0 Å². The first-order valence-electron chi connectivity index (χ1n) is 7.47. The molecule has 0 saturated carbocycles. The Morgan fingerprint density at radius 2 is 1.92 bits per heavy atom. The fourth-order valence-corrected chi connectivity index (χ4v) is 1.80. The van der Waals surface area contributed by atoms with Gasteiger partial charge in [0.2, 0.25) is 0 Å². The predicted octanol–water partition coefficient (Wildman–Crippen LogP) is 3.32. The van der Waals surface area contributed by atoms with Crippen LogP contribution in [0.4, 0.5) is 4.79 Å². The maximum absolute atomic E-state index is 12.1. The molecule has 0 aliphatic carbocycles. The second-order valence-electron chi connectivity index (χ2n) is 6.18. The average molecular weight is 334 g/mol. The summed E-state index contributed by atoms with van der Waals surface area (Å²) in [6, 6.07) is 7.20. The highest BCUT2D eigenvalue weighted by Crippen LogP contribution is 2.12. The van der Waals surface area contributed by atoms with E-state index in [1.807, 2.05) is 30.3 Å². The second-order valence-corrected chi connectivity index (χ2v) is 6.18. The quantitative estimate of drug-likeness (QED) is 0.372. The van der Waals surface area contributed by atoms with Crippen LogP contribution >= 0.6 is 0 Å². The Morgan fingerprint density at radius 3 is 2.46 bits per heavy atom. The Balaban J connectivity index is 2.60. The van der Waals surface area contributed by atoms with Gasteiger partial charge in [0.1, 0.15) is 12.2 Å². The highest BCUT2D eigenvalue weighted by atomic mass is 16.6. The summed E-state index contributed by atoms with van der Waals surface area (Å²) in [7, 11) is 0. The van der Waals surface area contributed by atoms with Crippen molar-refractivity contribution < 1.29 is 19.1 Å². The number of benzene rings is 1. The van der Waals surface area contributed by atoms with Gasteiger partial charge >= 0.3 is 12.1 Å². The third-order valence-electron chi connectivity index (χ3n) is 2.86. The van der Waals surface area contributed by atoms with Crippen LogP contribution in [0.3, 0.4) is 0 Å².